The van der Waals surface area contributed by atoms with Crippen LogP contribution in [-0.2, 0) is 31.9 Å². The number of benzene rings is 6. The van der Waals surface area contributed by atoms with E-state index in [0.29, 0.717) is 11.5 Å². The first-order valence-corrected chi connectivity index (χ1v) is 18.5. The van der Waals surface area contributed by atoms with Gasteiger partial charge in [0.15, 0.2) is 0 Å². The predicted octanol–water partition coefficient (Wildman–Crippen LogP) is 12.6. The Labute approximate surface area is 337 Å². The normalized spacial score (nSPS) is 14.1. The van der Waals surface area contributed by atoms with Gasteiger partial charge in [-0.2, -0.15) is 6.07 Å². The van der Waals surface area contributed by atoms with Gasteiger partial charge in [-0.25, -0.2) is 4.98 Å². The number of hydrogen-bond acceptors (Lipinski definition) is 4. The number of rotatable bonds is 5. The average molecular weight is 895 g/mol. The van der Waals surface area contributed by atoms with Crippen LogP contribution in [0.4, 0.5) is 22.7 Å². The summed E-state index contributed by atoms with van der Waals surface area (Å²) in [4.78, 5) is 9.52. The second kappa shape index (κ2) is 13.0. The van der Waals surface area contributed by atoms with Crippen LogP contribution in [0.15, 0.2) is 140 Å². The molecule has 0 amide bonds. The van der Waals surface area contributed by atoms with E-state index in [1.165, 1.54) is 22.3 Å². The molecule has 0 spiro atoms. The zero-order valence-corrected chi connectivity index (χ0v) is 33.6. The topological polar surface area (TPSA) is 33.5 Å². The zero-order valence-electron chi connectivity index (χ0n) is 31.4. The summed E-state index contributed by atoms with van der Waals surface area (Å²) in [6, 6.07) is 54.2. The van der Waals surface area contributed by atoms with Crippen molar-refractivity contribution < 1.29 is 25.8 Å². The van der Waals surface area contributed by atoms with Gasteiger partial charge in [0, 0.05) is 72.3 Å². The predicted molar refractivity (Wildman–Crippen MR) is 220 cm³/mol. The maximum atomic E-state index is 6.76. The number of anilines is 4. The molecule has 5 nitrogen and oxygen atoms in total. The van der Waals surface area contributed by atoms with Crippen molar-refractivity contribution in [3.05, 3.63) is 175 Å². The van der Waals surface area contributed by atoms with Crippen molar-refractivity contribution >= 4 is 44.6 Å². The fraction of sp³-hybridized carbons (Fsp3) is 0.143. The Morgan fingerprint density at radius 2 is 1.36 bits per heavy atom. The van der Waals surface area contributed by atoms with Gasteiger partial charge in [-0.3, -0.25) is 0 Å². The van der Waals surface area contributed by atoms with Crippen LogP contribution < -0.4 is 14.5 Å². The van der Waals surface area contributed by atoms with Crippen LogP contribution in [0.25, 0.3) is 38.8 Å². The van der Waals surface area contributed by atoms with Crippen LogP contribution in [0.3, 0.4) is 0 Å². The van der Waals surface area contributed by atoms with E-state index in [-0.39, 0.29) is 31.9 Å². The van der Waals surface area contributed by atoms with Crippen molar-refractivity contribution in [3.8, 4) is 28.4 Å². The van der Waals surface area contributed by atoms with Gasteiger partial charge in [0.1, 0.15) is 5.82 Å². The van der Waals surface area contributed by atoms with E-state index in [9.17, 15) is 0 Å². The van der Waals surface area contributed by atoms with Crippen molar-refractivity contribution in [2.75, 3.05) is 9.80 Å². The molecule has 0 bridgehead atoms. The van der Waals surface area contributed by atoms with E-state index in [1.807, 2.05) is 18.3 Å². The Morgan fingerprint density at radius 1 is 0.655 bits per heavy atom. The molecule has 0 atom stereocenters. The Morgan fingerprint density at radius 3 is 2.16 bits per heavy atom. The van der Waals surface area contributed by atoms with Crippen LogP contribution in [0.5, 0.6) is 11.5 Å². The molecule has 2 aromatic heterocycles. The number of nitrogens with zero attached hydrogens (tertiary/aromatic N) is 4. The first kappa shape index (κ1) is 35.1. The summed E-state index contributed by atoms with van der Waals surface area (Å²) < 4.78 is 8.99. The smallest absolute Gasteiger partial charge is 0.135 e. The summed E-state index contributed by atoms with van der Waals surface area (Å²) in [7, 11) is 0. The summed E-state index contributed by atoms with van der Waals surface area (Å²) in [6.45, 7) is 13.4. The summed E-state index contributed by atoms with van der Waals surface area (Å²) in [6.07, 6.45) is 2.04. The Balaban J connectivity index is 0.00000397. The first-order chi connectivity index (χ1) is 26.1. The van der Waals surface area contributed by atoms with Crippen LogP contribution in [0.1, 0.15) is 51.3 Å². The molecule has 6 heteroatoms. The molecule has 0 saturated carbocycles. The van der Waals surface area contributed by atoms with E-state index in [4.69, 9.17) is 9.72 Å². The van der Waals surface area contributed by atoms with E-state index in [2.05, 4.69) is 189 Å². The van der Waals surface area contributed by atoms with E-state index >= 15 is 0 Å². The fourth-order valence-electron chi connectivity index (χ4n) is 8.24. The Hall–Kier alpha value is -5.64. The van der Waals surface area contributed by atoms with Gasteiger partial charge in [0.25, 0.3) is 0 Å². The second-order valence-electron chi connectivity index (χ2n) is 15.8. The van der Waals surface area contributed by atoms with E-state index < -0.39 is 0 Å². The maximum absolute atomic E-state index is 6.76. The minimum absolute atomic E-state index is 0. The Bertz CT molecular complexity index is 2760. The van der Waals surface area contributed by atoms with Gasteiger partial charge in [-0.15, -0.1) is 53.6 Å². The molecule has 0 unspecified atom stereocenters. The summed E-state index contributed by atoms with van der Waals surface area (Å²) in [5.74, 6) is 2.12. The molecule has 274 valence electrons. The van der Waals surface area contributed by atoms with Crippen molar-refractivity contribution in [3.63, 3.8) is 0 Å². The molecular formula is C49H39N4OPt-3. The van der Waals surface area contributed by atoms with Gasteiger partial charge in [0.05, 0.1) is 0 Å². The van der Waals surface area contributed by atoms with Crippen LogP contribution in [0.2, 0.25) is 0 Å². The molecule has 0 radical (unpaired) electrons. The number of hydrogen-bond donors (Lipinski definition) is 0. The minimum Gasteiger partial charge on any atom is -0.509 e. The third-order valence-corrected chi connectivity index (χ3v) is 11.1. The third kappa shape index (κ3) is 5.67. The van der Waals surface area contributed by atoms with Gasteiger partial charge in [0.2, 0.25) is 0 Å². The number of aromatic nitrogens is 2. The summed E-state index contributed by atoms with van der Waals surface area (Å²) in [5.41, 5.74) is 12.1. The molecule has 10 rings (SSSR count). The number of ether oxygens (including phenoxy) is 1. The van der Waals surface area contributed by atoms with Crippen LogP contribution in [0, 0.1) is 18.8 Å². The van der Waals surface area contributed by atoms with Gasteiger partial charge in [-0.1, -0.05) is 113 Å². The van der Waals surface area contributed by atoms with Crippen LogP contribution in [-0.4, -0.2) is 9.55 Å². The standard InChI is InChI=1S/C49H39N4O.Pt/c1-48(2,3)32-25-34(52-31-51(33-15-7-6-8-16-33)44-21-13-14-22-45(44)52)27-36(26-32)54-35-23-24-39-38-18-10-12-20-43(38)53(46(39)28-35)47-29-42-40(30-50-47)37-17-9-11-19-41(37)49(42,4)5;/h6-26,29-31H,1-5H3;/q-3;. The van der Waals surface area contributed by atoms with Crippen LogP contribution >= 0.6 is 0 Å². The van der Waals surface area contributed by atoms with Crippen molar-refractivity contribution in [1.29, 1.82) is 0 Å². The molecule has 8 aromatic rings. The first-order valence-electron chi connectivity index (χ1n) is 18.5. The van der Waals surface area contributed by atoms with Crippen molar-refractivity contribution in [2.45, 2.75) is 45.4 Å². The summed E-state index contributed by atoms with van der Waals surface area (Å²) in [5, 5.41) is 2.25. The molecule has 0 N–H and O–H groups in total. The molecule has 6 aromatic carbocycles. The molecule has 3 heterocycles. The Kier molecular flexibility index (Phi) is 8.29. The fourth-order valence-corrected chi connectivity index (χ4v) is 8.24. The van der Waals surface area contributed by atoms with Crippen molar-refractivity contribution in [1.82, 2.24) is 9.55 Å². The van der Waals surface area contributed by atoms with E-state index in [1.54, 1.807) is 0 Å². The number of para-hydroxylation sites is 4. The minimum atomic E-state index is -0.141. The largest absolute Gasteiger partial charge is 0.509 e. The average Bonchev–Trinajstić information content (AvgIpc) is 3.80. The van der Waals surface area contributed by atoms with Gasteiger partial charge in [-0.05, 0) is 63.9 Å². The summed E-state index contributed by atoms with van der Waals surface area (Å²) >= 11 is 0. The van der Waals surface area contributed by atoms with Crippen molar-refractivity contribution in [2.24, 2.45) is 0 Å². The third-order valence-electron chi connectivity index (χ3n) is 11.1. The zero-order chi connectivity index (χ0) is 36.8. The monoisotopic (exact) mass is 894 g/mol. The van der Waals surface area contributed by atoms with Gasteiger partial charge >= 0.3 is 0 Å². The molecule has 55 heavy (non-hydrogen) atoms. The number of fused-ring (bicyclic) bond motifs is 7. The van der Waals surface area contributed by atoms with E-state index in [0.717, 1.165) is 55.9 Å². The quantitative estimate of drug-likeness (QED) is 0.161. The molecule has 0 saturated heterocycles. The molecule has 0 fully saturated rings. The SMILES string of the molecule is CC(C)(C)c1cc(Oc2[c-]c3c(cc2)c2ccccc2n3-c2cc3c(cn2)-c2ccccc2C3(C)C)[c-]c(N2[CH-]N(c3ccccc3)c3ccccc32)c1.[Pt]. The molecule has 1 aliphatic heterocycles. The number of pyridine rings is 1. The molecule has 1 aliphatic carbocycles. The molecule has 2 aliphatic rings. The second-order valence-corrected chi connectivity index (χ2v) is 15.8. The molecular weight excluding hydrogens is 856 g/mol. The van der Waals surface area contributed by atoms with Gasteiger partial charge < -0.3 is 19.1 Å². The maximum Gasteiger partial charge on any atom is 0.135 e.